The number of rotatable bonds is 17. The van der Waals surface area contributed by atoms with Gasteiger partial charge in [-0.15, -0.1) is 11.3 Å². The second-order valence-corrected chi connectivity index (χ2v) is 17.7. The van der Waals surface area contributed by atoms with Gasteiger partial charge < -0.3 is 35.0 Å². The summed E-state index contributed by atoms with van der Waals surface area (Å²) in [5, 5.41) is 17.5. The van der Waals surface area contributed by atoms with Crippen LogP contribution in [0.1, 0.15) is 70.7 Å². The number of carbonyl (C=O) groups excluding carboxylic acids is 3. The maximum absolute atomic E-state index is 14.0. The zero-order valence-electron chi connectivity index (χ0n) is 35.7. The van der Waals surface area contributed by atoms with Crippen molar-refractivity contribution in [3.8, 4) is 27.4 Å². The highest BCUT2D eigenvalue weighted by Gasteiger charge is 2.44. The van der Waals surface area contributed by atoms with E-state index in [9.17, 15) is 19.5 Å². The molecule has 5 aromatic rings. The number of aliphatic hydroxyl groups excluding tert-OH is 1. The van der Waals surface area contributed by atoms with Gasteiger partial charge in [0.05, 0.1) is 46.0 Å². The number of nitrogens with zero attached hydrogens (tertiary/aromatic N) is 4. The van der Waals surface area contributed by atoms with Crippen LogP contribution in [0.3, 0.4) is 0 Å². The standard InChI is InChI=1S/C47H58N6O6S/c1-30(32-11-13-34(14-12-32)43-31(2)48-29-60-43)49-45(56)41-26-37(54)27-53(41)46(57)44(47(3,4)5)51-42(55)28-58-23-9-8-10-24-59-38-20-22-40-35(25-38)17-21-39(50-40)33-15-18-36(19-16-33)52(6)7/h11-22,25,29-30,37,41,44,54H,8-10,23-24,26-28H2,1-7H3,(H,49,56)(H,51,55)/t30-,37+,41-,44?/m0/s1. The number of aliphatic hydroxyl groups is 1. The van der Waals surface area contributed by atoms with Crippen LogP contribution in [0.5, 0.6) is 5.75 Å². The first-order chi connectivity index (χ1) is 28.7. The van der Waals surface area contributed by atoms with Crippen LogP contribution >= 0.6 is 11.3 Å². The van der Waals surface area contributed by atoms with Crippen molar-refractivity contribution >= 4 is 45.6 Å². The summed E-state index contributed by atoms with van der Waals surface area (Å²) in [7, 11) is 4.05. The molecule has 3 N–H and O–H groups in total. The average Bonchev–Trinajstić information content (AvgIpc) is 3.85. The van der Waals surface area contributed by atoms with Crippen LogP contribution in [-0.2, 0) is 19.1 Å². The number of anilines is 1. The number of fused-ring (bicyclic) bond motifs is 1. The first-order valence-corrected chi connectivity index (χ1v) is 21.5. The van der Waals surface area contributed by atoms with Crippen molar-refractivity contribution in [3.63, 3.8) is 0 Å². The molecule has 4 atom stereocenters. The van der Waals surface area contributed by atoms with Gasteiger partial charge in [0.25, 0.3) is 0 Å². The third kappa shape index (κ3) is 11.3. The van der Waals surface area contributed by atoms with Gasteiger partial charge in [-0.05, 0) is 86.1 Å². The molecule has 60 heavy (non-hydrogen) atoms. The molecule has 0 radical (unpaired) electrons. The Hall–Kier alpha value is -5.37. The van der Waals surface area contributed by atoms with Crippen molar-refractivity contribution in [1.29, 1.82) is 0 Å². The van der Waals surface area contributed by atoms with Gasteiger partial charge in [-0.3, -0.25) is 14.4 Å². The summed E-state index contributed by atoms with van der Waals surface area (Å²) in [5.74, 6) is -0.396. The van der Waals surface area contributed by atoms with E-state index in [1.165, 1.54) is 4.90 Å². The van der Waals surface area contributed by atoms with Crippen LogP contribution in [0.15, 0.2) is 84.4 Å². The summed E-state index contributed by atoms with van der Waals surface area (Å²) in [5.41, 5.74) is 8.13. The second-order valence-electron chi connectivity index (χ2n) is 16.8. The number of likely N-dealkylation sites (tertiary alicyclic amines) is 1. The van der Waals surface area contributed by atoms with Crippen LogP contribution in [0, 0.1) is 12.3 Å². The van der Waals surface area contributed by atoms with Crippen LogP contribution in [0.25, 0.3) is 32.6 Å². The summed E-state index contributed by atoms with van der Waals surface area (Å²) < 4.78 is 11.7. The summed E-state index contributed by atoms with van der Waals surface area (Å²) in [4.78, 5) is 54.4. The minimum absolute atomic E-state index is 0.00279. The number of aromatic nitrogens is 2. The number of aryl methyl sites for hydroxylation is 1. The van der Waals surface area contributed by atoms with E-state index in [1.807, 2.05) is 103 Å². The van der Waals surface area contributed by atoms with E-state index >= 15 is 0 Å². The molecule has 0 bridgehead atoms. The fourth-order valence-electron chi connectivity index (χ4n) is 7.34. The molecule has 6 rings (SSSR count). The fraction of sp³-hybridized carbons (Fsp3) is 0.426. The normalized spacial score (nSPS) is 16.4. The smallest absolute Gasteiger partial charge is 0.246 e. The Labute approximate surface area is 357 Å². The molecule has 12 nitrogen and oxygen atoms in total. The Bertz CT molecular complexity index is 2240. The highest BCUT2D eigenvalue weighted by Crippen LogP contribution is 2.30. The number of pyridine rings is 1. The van der Waals surface area contributed by atoms with Crippen LogP contribution in [0.4, 0.5) is 5.69 Å². The lowest BCUT2D eigenvalue weighted by molar-refractivity contribution is -0.144. The molecule has 1 aliphatic rings. The molecule has 0 spiro atoms. The van der Waals surface area contributed by atoms with E-state index < -0.39 is 35.4 Å². The number of β-amino-alcohol motifs (C(OH)–C–C–N with tert-alkyl or cyclic N) is 1. The average molecular weight is 835 g/mol. The lowest BCUT2D eigenvalue weighted by atomic mass is 9.85. The molecule has 3 aromatic carbocycles. The molecule has 1 fully saturated rings. The molecule has 3 amide bonds. The number of benzene rings is 3. The molecule has 1 unspecified atom stereocenters. The second kappa shape index (κ2) is 19.8. The Morgan fingerprint density at radius 2 is 1.65 bits per heavy atom. The summed E-state index contributed by atoms with van der Waals surface area (Å²) in [6.45, 7) is 10.2. The van der Waals surface area contributed by atoms with Gasteiger partial charge in [-0.2, -0.15) is 0 Å². The van der Waals surface area contributed by atoms with Crippen molar-refractivity contribution in [1.82, 2.24) is 25.5 Å². The minimum atomic E-state index is -0.931. The Morgan fingerprint density at radius 3 is 2.33 bits per heavy atom. The number of carbonyl (C=O) groups is 3. The van der Waals surface area contributed by atoms with Gasteiger partial charge in [-0.25, -0.2) is 9.97 Å². The van der Waals surface area contributed by atoms with Gasteiger partial charge in [0, 0.05) is 50.3 Å². The molecule has 13 heteroatoms. The molecule has 318 valence electrons. The fourth-order valence-corrected chi connectivity index (χ4v) is 8.15. The SMILES string of the molecule is Cc1ncsc1-c1ccc([C@H](C)NC(=O)[C@@H]2C[C@@H](O)CN2C(=O)C(NC(=O)COCCCCCOc2ccc3nc(-c4ccc(N(C)C)cc4)ccc3c2)C(C)(C)C)cc1. The maximum atomic E-state index is 14.0. The van der Waals surface area contributed by atoms with E-state index in [0.29, 0.717) is 13.2 Å². The van der Waals surface area contributed by atoms with Gasteiger partial charge >= 0.3 is 0 Å². The third-order valence-corrected chi connectivity index (χ3v) is 11.8. The van der Waals surface area contributed by atoms with Crippen LogP contribution in [0.2, 0.25) is 0 Å². The predicted octanol–water partition coefficient (Wildman–Crippen LogP) is 7.34. The van der Waals surface area contributed by atoms with Gasteiger partial charge in [0.2, 0.25) is 17.7 Å². The first-order valence-electron chi connectivity index (χ1n) is 20.7. The highest BCUT2D eigenvalue weighted by atomic mass is 32.1. The number of ether oxygens (including phenoxy) is 2. The van der Waals surface area contributed by atoms with Gasteiger partial charge in [0.1, 0.15) is 24.4 Å². The molecular weight excluding hydrogens is 777 g/mol. The van der Waals surface area contributed by atoms with E-state index in [1.54, 1.807) is 11.3 Å². The van der Waals surface area contributed by atoms with Crippen molar-refractivity contribution in [2.24, 2.45) is 5.41 Å². The number of thiazole rings is 1. The van der Waals surface area contributed by atoms with Gasteiger partial charge in [0.15, 0.2) is 0 Å². The van der Waals surface area contributed by atoms with E-state index in [4.69, 9.17) is 14.5 Å². The molecule has 1 saturated heterocycles. The first kappa shape index (κ1) is 44.2. The van der Waals surface area contributed by atoms with Crippen LogP contribution in [-0.4, -0.2) is 96.3 Å². The Balaban J connectivity index is 0.917. The number of hydrogen-bond donors (Lipinski definition) is 3. The number of hydrogen-bond acceptors (Lipinski definition) is 10. The molecule has 1 aliphatic heterocycles. The van der Waals surface area contributed by atoms with Crippen molar-refractivity contribution in [2.75, 3.05) is 45.4 Å². The van der Waals surface area contributed by atoms with Crippen molar-refractivity contribution < 1.29 is 29.0 Å². The zero-order chi connectivity index (χ0) is 43.0. The highest BCUT2D eigenvalue weighted by molar-refractivity contribution is 7.13. The van der Waals surface area contributed by atoms with E-state index in [2.05, 4.69) is 50.8 Å². The van der Waals surface area contributed by atoms with Gasteiger partial charge in [-0.1, -0.05) is 63.2 Å². The lowest BCUT2D eigenvalue weighted by Crippen LogP contribution is -2.58. The molecule has 3 heterocycles. The quantitative estimate of drug-likeness (QED) is 0.0820. The molecule has 2 aromatic heterocycles. The largest absolute Gasteiger partial charge is 0.494 e. The maximum Gasteiger partial charge on any atom is 0.246 e. The van der Waals surface area contributed by atoms with Crippen molar-refractivity contribution in [2.45, 2.75) is 84.5 Å². The molecule has 0 aliphatic carbocycles. The monoisotopic (exact) mass is 834 g/mol. The number of unbranched alkanes of at least 4 members (excludes halogenated alkanes) is 2. The molecular formula is C47H58N6O6S. The molecule has 0 saturated carbocycles. The minimum Gasteiger partial charge on any atom is -0.494 e. The van der Waals surface area contributed by atoms with E-state index in [0.717, 1.165) is 74.6 Å². The Morgan fingerprint density at radius 1 is 0.933 bits per heavy atom. The summed E-state index contributed by atoms with van der Waals surface area (Å²) in [6.07, 6.45) is 1.68. The third-order valence-electron chi connectivity index (χ3n) is 10.8. The van der Waals surface area contributed by atoms with Crippen molar-refractivity contribution in [3.05, 3.63) is 95.6 Å². The summed E-state index contributed by atoms with van der Waals surface area (Å²) >= 11 is 1.58. The van der Waals surface area contributed by atoms with E-state index in [-0.39, 0.29) is 31.5 Å². The predicted molar refractivity (Wildman–Crippen MR) is 238 cm³/mol. The van der Waals surface area contributed by atoms with Crippen LogP contribution < -0.4 is 20.3 Å². The number of amides is 3. The zero-order valence-corrected chi connectivity index (χ0v) is 36.6. The summed E-state index contributed by atoms with van der Waals surface area (Å²) in [6, 6.07) is 24.2. The topological polar surface area (TPSA) is 146 Å². The Kier molecular flexibility index (Phi) is 14.6. The number of nitrogens with one attached hydrogen (secondary N) is 2. The lowest BCUT2D eigenvalue weighted by Gasteiger charge is -2.35.